The highest BCUT2D eigenvalue weighted by Crippen LogP contribution is 2.19. The van der Waals surface area contributed by atoms with Crippen molar-refractivity contribution < 1.29 is 4.79 Å². The lowest BCUT2D eigenvalue weighted by Crippen LogP contribution is -2.31. The van der Waals surface area contributed by atoms with Crippen molar-refractivity contribution in [3.8, 4) is 0 Å². The lowest BCUT2D eigenvalue weighted by Gasteiger charge is -2.12. The van der Waals surface area contributed by atoms with Gasteiger partial charge in [-0.1, -0.05) is 18.2 Å². The minimum absolute atomic E-state index is 0.125. The number of nitrogens with zero attached hydrogens (tertiary/aromatic N) is 4. The molecule has 2 N–H and O–H groups in total. The maximum Gasteiger partial charge on any atom is 0.251 e. The van der Waals surface area contributed by atoms with Gasteiger partial charge in [0.15, 0.2) is 11.0 Å². The van der Waals surface area contributed by atoms with Crippen LogP contribution < -0.4 is 10.9 Å². The number of aryl methyl sites for hydroxylation is 2. The number of thioether (sulfide) groups is 1. The van der Waals surface area contributed by atoms with Crippen molar-refractivity contribution >= 4 is 17.7 Å². The van der Waals surface area contributed by atoms with Gasteiger partial charge in [0.2, 0.25) is 5.91 Å². The van der Waals surface area contributed by atoms with Crippen molar-refractivity contribution in [2.45, 2.75) is 63.0 Å². The van der Waals surface area contributed by atoms with E-state index in [-0.39, 0.29) is 16.7 Å². The molecule has 0 aliphatic carbocycles. The molecule has 0 spiro atoms. The third-order valence-electron chi connectivity index (χ3n) is 4.11. The summed E-state index contributed by atoms with van der Waals surface area (Å²) in [5, 5.41) is 11.4. The Morgan fingerprint density at radius 1 is 1.40 bits per heavy atom. The van der Waals surface area contributed by atoms with E-state index in [9.17, 15) is 9.59 Å². The first-order valence-corrected chi connectivity index (χ1v) is 9.34. The number of hydrogen-bond acceptors (Lipinski definition) is 6. The number of rotatable bonds is 5. The molecule has 2 aromatic rings. The van der Waals surface area contributed by atoms with Gasteiger partial charge in [-0.05, 0) is 26.7 Å². The summed E-state index contributed by atoms with van der Waals surface area (Å²) in [4.78, 5) is 30.7. The molecule has 0 saturated carbocycles. The predicted molar refractivity (Wildman–Crippen MR) is 94.3 cm³/mol. The van der Waals surface area contributed by atoms with Crippen LogP contribution in [0.2, 0.25) is 0 Å². The Balaban J connectivity index is 1.59. The van der Waals surface area contributed by atoms with Crippen LogP contribution in [-0.2, 0) is 24.3 Å². The molecule has 1 aliphatic rings. The molecule has 0 saturated heterocycles. The van der Waals surface area contributed by atoms with E-state index in [0.717, 1.165) is 37.5 Å². The second-order valence-corrected chi connectivity index (χ2v) is 7.49. The summed E-state index contributed by atoms with van der Waals surface area (Å²) in [6, 6.07) is 1.42. The maximum atomic E-state index is 12.3. The first kappa shape index (κ1) is 17.7. The molecule has 2 aromatic heterocycles. The van der Waals surface area contributed by atoms with Crippen molar-refractivity contribution in [3.63, 3.8) is 0 Å². The molecule has 0 fully saturated rings. The molecule has 134 valence electrons. The van der Waals surface area contributed by atoms with Crippen molar-refractivity contribution in [3.05, 3.63) is 33.8 Å². The van der Waals surface area contributed by atoms with Gasteiger partial charge < -0.3 is 14.9 Å². The Labute approximate surface area is 149 Å². The van der Waals surface area contributed by atoms with Gasteiger partial charge in [0.25, 0.3) is 5.56 Å². The topological polar surface area (TPSA) is 106 Å². The number of fused-ring (bicyclic) bond motifs is 1. The number of nitrogens with one attached hydrogen (secondary N) is 2. The normalized spacial score (nSPS) is 15.3. The third-order valence-corrected chi connectivity index (χ3v) is 5.10. The van der Waals surface area contributed by atoms with Crippen LogP contribution in [0.3, 0.4) is 0 Å². The van der Waals surface area contributed by atoms with Crippen molar-refractivity contribution in [2.75, 3.05) is 0 Å². The fourth-order valence-electron chi connectivity index (χ4n) is 2.81. The van der Waals surface area contributed by atoms with Gasteiger partial charge in [0.05, 0.1) is 11.8 Å². The van der Waals surface area contributed by atoms with Crippen LogP contribution in [0.1, 0.15) is 43.5 Å². The number of H-pyrrole nitrogens is 1. The molecule has 3 heterocycles. The zero-order valence-electron chi connectivity index (χ0n) is 14.4. The zero-order valence-corrected chi connectivity index (χ0v) is 15.2. The first-order chi connectivity index (χ1) is 12.0. The number of carbonyl (C=O) groups is 1. The molecular formula is C16H22N6O2S. The molecule has 0 bridgehead atoms. The summed E-state index contributed by atoms with van der Waals surface area (Å²) < 4.78 is 2.12. The summed E-state index contributed by atoms with van der Waals surface area (Å²) >= 11 is 1.23. The molecule has 1 aliphatic heterocycles. The highest BCUT2D eigenvalue weighted by atomic mass is 32.2. The standard InChI is InChI=1S/C16H22N6O2S/c1-10-8-14(23)19-16(18-10)25-11(2)15(24)17-9-13-21-20-12-6-4-3-5-7-22(12)13/h8,11H,3-7,9H2,1-2H3,(H,17,24)(H,18,19,23). The number of amides is 1. The van der Waals surface area contributed by atoms with Crippen LogP contribution >= 0.6 is 11.8 Å². The van der Waals surface area contributed by atoms with Crippen molar-refractivity contribution in [1.29, 1.82) is 0 Å². The number of aromatic amines is 1. The van der Waals surface area contributed by atoms with Crippen LogP contribution in [0.15, 0.2) is 16.0 Å². The van der Waals surface area contributed by atoms with E-state index >= 15 is 0 Å². The van der Waals surface area contributed by atoms with Gasteiger partial charge in [-0.25, -0.2) is 4.98 Å². The van der Waals surface area contributed by atoms with E-state index in [2.05, 4.69) is 30.0 Å². The highest BCUT2D eigenvalue weighted by Gasteiger charge is 2.18. The molecule has 1 unspecified atom stereocenters. The number of carbonyl (C=O) groups excluding carboxylic acids is 1. The van der Waals surface area contributed by atoms with Gasteiger partial charge in [-0.3, -0.25) is 9.59 Å². The molecule has 1 amide bonds. The van der Waals surface area contributed by atoms with E-state index in [1.807, 2.05) is 0 Å². The predicted octanol–water partition coefficient (Wildman–Crippen LogP) is 1.19. The molecule has 0 radical (unpaired) electrons. The fraction of sp³-hybridized carbons (Fsp3) is 0.562. The van der Waals surface area contributed by atoms with Gasteiger partial charge >= 0.3 is 0 Å². The zero-order chi connectivity index (χ0) is 17.8. The highest BCUT2D eigenvalue weighted by molar-refractivity contribution is 8.00. The fourth-order valence-corrected chi connectivity index (χ4v) is 3.70. The van der Waals surface area contributed by atoms with Crippen LogP contribution in [0.5, 0.6) is 0 Å². The van der Waals surface area contributed by atoms with Crippen molar-refractivity contribution in [2.24, 2.45) is 0 Å². The molecule has 3 rings (SSSR count). The van der Waals surface area contributed by atoms with Crippen LogP contribution in [-0.4, -0.2) is 35.9 Å². The minimum atomic E-state index is -0.378. The molecule has 1 atom stereocenters. The summed E-state index contributed by atoms with van der Waals surface area (Å²) in [7, 11) is 0. The quantitative estimate of drug-likeness (QED) is 0.611. The first-order valence-electron chi connectivity index (χ1n) is 8.46. The minimum Gasteiger partial charge on any atom is -0.348 e. The van der Waals surface area contributed by atoms with Crippen LogP contribution in [0.4, 0.5) is 0 Å². The van der Waals surface area contributed by atoms with E-state index in [1.165, 1.54) is 24.2 Å². The Morgan fingerprint density at radius 3 is 3.04 bits per heavy atom. The Hall–Kier alpha value is -2.16. The SMILES string of the molecule is Cc1cc(=O)[nH]c(SC(C)C(=O)NCc2nnc3n2CCCCC3)n1. The van der Waals surface area contributed by atoms with Gasteiger partial charge in [0.1, 0.15) is 5.82 Å². The average Bonchev–Trinajstić information content (AvgIpc) is 2.78. The largest absolute Gasteiger partial charge is 0.348 e. The Morgan fingerprint density at radius 2 is 2.24 bits per heavy atom. The molecule has 9 heteroatoms. The lowest BCUT2D eigenvalue weighted by molar-refractivity contribution is -0.120. The molecule has 25 heavy (non-hydrogen) atoms. The number of hydrogen-bond donors (Lipinski definition) is 2. The molecule has 8 nitrogen and oxygen atoms in total. The van der Waals surface area contributed by atoms with Crippen LogP contribution in [0, 0.1) is 6.92 Å². The third kappa shape index (κ3) is 4.47. The Kier molecular flexibility index (Phi) is 5.52. The lowest BCUT2D eigenvalue weighted by atomic mass is 10.2. The van der Waals surface area contributed by atoms with E-state index < -0.39 is 0 Å². The van der Waals surface area contributed by atoms with Crippen LogP contribution in [0.25, 0.3) is 0 Å². The summed E-state index contributed by atoms with van der Waals surface area (Å²) in [6.07, 6.45) is 4.40. The second kappa shape index (κ2) is 7.81. The summed E-state index contributed by atoms with van der Waals surface area (Å²) in [6.45, 7) is 4.80. The van der Waals surface area contributed by atoms with E-state index in [0.29, 0.717) is 17.4 Å². The van der Waals surface area contributed by atoms with Gasteiger partial charge in [-0.15, -0.1) is 10.2 Å². The number of aromatic nitrogens is 5. The summed E-state index contributed by atoms with van der Waals surface area (Å²) in [5.41, 5.74) is 0.416. The van der Waals surface area contributed by atoms with E-state index in [4.69, 9.17) is 0 Å². The smallest absolute Gasteiger partial charge is 0.251 e. The van der Waals surface area contributed by atoms with Crippen molar-refractivity contribution in [1.82, 2.24) is 30.0 Å². The maximum absolute atomic E-state index is 12.3. The molecule has 0 aromatic carbocycles. The second-order valence-electron chi connectivity index (χ2n) is 6.16. The van der Waals surface area contributed by atoms with Gasteiger partial charge in [0, 0.05) is 24.7 Å². The Bertz CT molecular complexity index is 815. The van der Waals surface area contributed by atoms with E-state index in [1.54, 1.807) is 13.8 Å². The molecular weight excluding hydrogens is 340 g/mol. The average molecular weight is 362 g/mol. The monoisotopic (exact) mass is 362 g/mol. The van der Waals surface area contributed by atoms with Gasteiger partial charge in [-0.2, -0.15) is 0 Å². The summed E-state index contributed by atoms with van der Waals surface area (Å²) in [5.74, 6) is 1.68.